The fourth-order valence-electron chi connectivity index (χ4n) is 1.93. The maximum absolute atomic E-state index is 11.9. The minimum absolute atomic E-state index is 0.0176. The molecule has 0 bridgehead atoms. The number of pyridine rings is 1. The van der Waals surface area contributed by atoms with Gasteiger partial charge in [-0.15, -0.1) is 0 Å². The molecule has 0 saturated heterocycles. The highest BCUT2D eigenvalue weighted by atomic mass is 79.9. The molecule has 1 saturated carbocycles. The van der Waals surface area contributed by atoms with E-state index in [1.165, 1.54) is 6.20 Å². The van der Waals surface area contributed by atoms with Crippen LogP contribution in [0.5, 0.6) is 0 Å². The summed E-state index contributed by atoms with van der Waals surface area (Å²) in [5.41, 5.74) is 0.270. The minimum atomic E-state index is -0.339. The molecule has 1 aliphatic carbocycles. The zero-order valence-corrected chi connectivity index (χ0v) is 11.4. The molecule has 2 N–H and O–H groups in total. The van der Waals surface area contributed by atoms with Crippen LogP contribution in [0.3, 0.4) is 0 Å². The number of nitrogens with one attached hydrogen (secondary N) is 1. The van der Waals surface area contributed by atoms with E-state index in [1.54, 1.807) is 12.3 Å². The van der Waals surface area contributed by atoms with Gasteiger partial charge in [0.1, 0.15) is 0 Å². The van der Waals surface area contributed by atoms with E-state index in [-0.39, 0.29) is 23.5 Å². The van der Waals surface area contributed by atoms with Crippen LogP contribution in [-0.2, 0) is 0 Å². The summed E-state index contributed by atoms with van der Waals surface area (Å²) in [5, 5.41) is 12.5. The zero-order chi connectivity index (χ0) is 12.6. The van der Waals surface area contributed by atoms with Crippen LogP contribution < -0.4 is 5.32 Å². The summed E-state index contributed by atoms with van der Waals surface area (Å²) in [4.78, 5) is 15.9. The van der Waals surface area contributed by atoms with Crippen molar-refractivity contribution in [1.29, 1.82) is 0 Å². The maximum Gasteiger partial charge on any atom is 0.253 e. The fourth-order valence-corrected chi connectivity index (χ4v) is 2.29. The van der Waals surface area contributed by atoms with Gasteiger partial charge in [0.05, 0.1) is 11.7 Å². The molecule has 1 aromatic rings. The van der Waals surface area contributed by atoms with E-state index in [4.69, 9.17) is 0 Å². The standard InChI is InChI=1S/C12H15BrN2O2/c1-12(2)9(4-10(12)16)15-11(17)7-3-8(13)6-14-5-7/h3,5-6,9-10,16H,4H2,1-2H3,(H,15,17). The van der Waals surface area contributed by atoms with Gasteiger partial charge in [0, 0.05) is 28.3 Å². The van der Waals surface area contributed by atoms with Gasteiger partial charge in [-0.1, -0.05) is 13.8 Å². The van der Waals surface area contributed by atoms with Gasteiger partial charge in [-0.2, -0.15) is 0 Å². The Morgan fingerprint density at radius 1 is 1.59 bits per heavy atom. The number of rotatable bonds is 2. The lowest BCUT2D eigenvalue weighted by atomic mass is 9.64. The molecule has 2 rings (SSSR count). The van der Waals surface area contributed by atoms with Crippen LogP contribution in [0.2, 0.25) is 0 Å². The van der Waals surface area contributed by atoms with Crippen LogP contribution in [0.1, 0.15) is 30.6 Å². The lowest BCUT2D eigenvalue weighted by molar-refractivity contribution is -0.0689. The fraction of sp³-hybridized carbons (Fsp3) is 0.500. The Morgan fingerprint density at radius 2 is 2.29 bits per heavy atom. The van der Waals surface area contributed by atoms with E-state index < -0.39 is 0 Å². The van der Waals surface area contributed by atoms with Crippen molar-refractivity contribution < 1.29 is 9.90 Å². The van der Waals surface area contributed by atoms with Gasteiger partial charge in [0.15, 0.2) is 0 Å². The SMILES string of the molecule is CC1(C)C(O)CC1NC(=O)c1cncc(Br)c1. The van der Waals surface area contributed by atoms with Gasteiger partial charge in [-0.25, -0.2) is 0 Å². The third kappa shape index (κ3) is 2.35. The first kappa shape index (κ1) is 12.5. The number of carbonyl (C=O) groups excluding carboxylic acids is 1. The van der Waals surface area contributed by atoms with Crippen molar-refractivity contribution in [3.05, 3.63) is 28.5 Å². The summed E-state index contributed by atoms with van der Waals surface area (Å²) in [6.45, 7) is 3.90. The summed E-state index contributed by atoms with van der Waals surface area (Å²) in [7, 11) is 0. The Morgan fingerprint density at radius 3 is 2.82 bits per heavy atom. The van der Waals surface area contributed by atoms with Crippen LogP contribution in [0, 0.1) is 5.41 Å². The summed E-state index contributed by atoms with van der Waals surface area (Å²) < 4.78 is 0.776. The molecule has 0 aromatic carbocycles. The van der Waals surface area contributed by atoms with Crippen molar-refractivity contribution in [2.75, 3.05) is 0 Å². The molecule has 0 spiro atoms. The molecule has 0 aliphatic heterocycles. The number of carbonyl (C=O) groups is 1. The van der Waals surface area contributed by atoms with Crippen LogP contribution >= 0.6 is 15.9 Å². The molecule has 17 heavy (non-hydrogen) atoms. The summed E-state index contributed by atoms with van der Waals surface area (Å²) in [5.74, 6) is -0.149. The predicted octanol–water partition coefficient (Wildman–Crippen LogP) is 1.73. The molecular formula is C12H15BrN2O2. The Kier molecular flexibility index (Phi) is 3.23. The number of aliphatic hydroxyl groups excluding tert-OH is 1. The average molecular weight is 299 g/mol. The Hall–Kier alpha value is -0.940. The van der Waals surface area contributed by atoms with Gasteiger partial charge in [0.25, 0.3) is 5.91 Å². The number of nitrogens with zero attached hydrogens (tertiary/aromatic N) is 1. The number of aromatic nitrogens is 1. The largest absolute Gasteiger partial charge is 0.392 e. The molecule has 1 aliphatic rings. The zero-order valence-electron chi connectivity index (χ0n) is 9.77. The lowest BCUT2D eigenvalue weighted by Crippen LogP contribution is -2.61. The summed E-state index contributed by atoms with van der Waals surface area (Å²) in [6.07, 6.45) is 3.43. The van der Waals surface area contributed by atoms with Gasteiger partial charge in [-0.05, 0) is 28.4 Å². The molecule has 4 nitrogen and oxygen atoms in total. The first-order valence-corrected chi connectivity index (χ1v) is 6.30. The van der Waals surface area contributed by atoms with Gasteiger partial charge >= 0.3 is 0 Å². The second-order valence-electron chi connectivity index (χ2n) is 4.99. The molecule has 1 aromatic heterocycles. The monoisotopic (exact) mass is 298 g/mol. The van der Waals surface area contributed by atoms with Gasteiger partial charge < -0.3 is 10.4 Å². The topological polar surface area (TPSA) is 62.2 Å². The second kappa shape index (κ2) is 4.38. The summed E-state index contributed by atoms with van der Waals surface area (Å²) >= 11 is 3.28. The molecule has 1 amide bonds. The quantitative estimate of drug-likeness (QED) is 0.874. The number of halogens is 1. The number of amides is 1. The highest BCUT2D eigenvalue weighted by Gasteiger charge is 2.47. The normalized spacial score (nSPS) is 26.1. The van der Waals surface area contributed by atoms with E-state index in [0.29, 0.717) is 12.0 Å². The molecule has 1 heterocycles. The van der Waals surface area contributed by atoms with Crippen molar-refractivity contribution in [3.8, 4) is 0 Å². The Labute approximate surface area is 109 Å². The van der Waals surface area contributed by atoms with Crippen LogP contribution in [0.15, 0.2) is 22.9 Å². The van der Waals surface area contributed by atoms with E-state index >= 15 is 0 Å². The smallest absolute Gasteiger partial charge is 0.253 e. The van der Waals surface area contributed by atoms with E-state index in [1.807, 2.05) is 13.8 Å². The van der Waals surface area contributed by atoms with E-state index in [2.05, 4.69) is 26.2 Å². The van der Waals surface area contributed by atoms with Gasteiger partial charge in [0.2, 0.25) is 0 Å². The molecule has 2 unspecified atom stereocenters. The third-order valence-electron chi connectivity index (χ3n) is 3.49. The number of hydrogen-bond donors (Lipinski definition) is 2. The van der Waals surface area contributed by atoms with Crippen molar-refractivity contribution in [1.82, 2.24) is 10.3 Å². The minimum Gasteiger partial charge on any atom is -0.392 e. The van der Waals surface area contributed by atoms with E-state index in [9.17, 15) is 9.90 Å². The average Bonchev–Trinajstić information content (AvgIpc) is 2.28. The molecule has 5 heteroatoms. The predicted molar refractivity (Wildman–Crippen MR) is 67.6 cm³/mol. The van der Waals surface area contributed by atoms with Crippen LogP contribution in [0.4, 0.5) is 0 Å². The van der Waals surface area contributed by atoms with Gasteiger partial charge in [-0.3, -0.25) is 9.78 Å². The number of aliphatic hydroxyl groups is 1. The van der Waals surface area contributed by atoms with Crippen LogP contribution in [0.25, 0.3) is 0 Å². The number of hydrogen-bond acceptors (Lipinski definition) is 3. The molecule has 1 fully saturated rings. The first-order valence-electron chi connectivity index (χ1n) is 5.50. The highest BCUT2D eigenvalue weighted by Crippen LogP contribution is 2.40. The molecule has 0 radical (unpaired) electrons. The molecular weight excluding hydrogens is 284 g/mol. The maximum atomic E-state index is 11.9. The summed E-state index contributed by atoms with van der Waals surface area (Å²) in [6, 6.07) is 1.74. The highest BCUT2D eigenvalue weighted by molar-refractivity contribution is 9.10. The Bertz CT molecular complexity index is 448. The van der Waals surface area contributed by atoms with Crippen molar-refractivity contribution in [2.45, 2.75) is 32.4 Å². The third-order valence-corrected chi connectivity index (χ3v) is 3.92. The van der Waals surface area contributed by atoms with Crippen molar-refractivity contribution in [2.24, 2.45) is 5.41 Å². The van der Waals surface area contributed by atoms with Crippen molar-refractivity contribution in [3.63, 3.8) is 0 Å². The molecule has 2 atom stereocenters. The van der Waals surface area contributed by atoms with Crippen LogP contribution in [-0.4, -0.2) is 28.1 Å². The van der Waals surface area contributed by atoms with Crippen molar-refractivity contribution >= 4 is 21.8 Å². The Balaban J connectivity index is 2.04. The lowest BCUT2D eigenvalue weighted by Gasteiger charge is -2.49. The second-order valence-corrected chi connectivity index (χ2v) is 5.91. The van der Waals surface area contributed by atoms with E-state index in [0.717, 1.165) is 4.47 Å². The first-order chi connectivity index (χ1) is 7.91. The molecule has 92 valence electrons.